The van der Waals surface area contributed by atoms with E-state index in [4.69, 9.17) is 0 Å². The summed E-state index contributed by atoms with van der Waals surface area (Å²) in [4.78, 5) is 16.3. The lowest BCUT2D eigenvalue weighted by molar-refractivity contribution is -0.126. The molecule has 0 bridgehead atoms. The fourth-order valence-corrected chi connectivity index (χ4v) is 4.24. The van der Waals surface area contributed by atoms with Gasteiger partial charge in [0.2, 0.25) is 5.91 Å². The van der Waals surface area contributed by atoms with Crippen LogP contribution in [0.1, 0.15) is 30.6 Å². The molecule has 1 amide bonds. The standard InChI is InChI=1S/C16H25N3OS/c20-16(18-10-7-14-3-2-12-21-14)15-4-1-11-19(15)13-5-8-17-9-6-13/h2-3,12-13,15,17H,1,4-11H2,(H,18,20). The molecule has 1 atom stereocenters. The molecule has 1 aromatic heterocycles. The molecule has 4 nitrogen and oxygen atoms in total. The number of amides is 1. The number of hydrogen-bond donors (Lipinski definition) is 2. The molecule has 0 saturated carbocycles. The molecule has 0 spiro atoms. The number of piperidine rings is 1. The lowest BCUT2D eigenvalue weighted by atomic mass is 10.0. The summed E-state index contributed by atoms with van der Waals surface area (Å²) >= 11 is 1.76. The minimum Gasteiger partial charge on any atom is -0.354 e. The fraction of sp³-hybridized carbons (Fsp3) is 0.688. The van der Waals surface area contributed by atoms with Crippen LogP contribution in [0.25, 0.3) is 0 Å². The van der Waals surface area contributed by atoms with Crippen LogP contribution in [0.2, 0.25) is 0 Å². The van der Waals surface area contributed by atoms with Crippen LogP contribution < -0.4 is 10.6 Å². The van der Waals surface area contributed by atoms with Crippen molar-refractivity contribution >= 4 is 17.2 Å². The second kappa shape index (κ2) is 7.38. The summed E-state index contributed by atoms with van der Waals surface area (Å²) in [6, 6.07) is 4.91. The van der Waals surface area contributed by atoms with Crippen molar-refractivity contribution in [2.45, 2.75) is 44.2 Å². The van der Waals surface area contributed by atoms with Crippen LogP contribution in [0.15, 0.2) is 17.5 Å². The summed E-state index contributed by atoms with van der Waals surface area (Å²) in [6.45, 7) is 4.03. The van der Waals surface area contributed by atoms with Crippen molar-refractivity contribution in [2.24, 2.45) is 0 Å². The first kappa shape index (κ1) is 15.0. The average Bonchev–Trinajstić information content (AvgIpc) is 3.19. The highest BCUT2D eigenvalue weighted by molar-refractivity contribution is 7.09. The Labute approximate surface area is 130 Å². The average molecular weight is 307 g/mol. The largest absolute Gasteiger partial charge is 0.354 e. The van der Waals surface area contributed by atoms with Gasteiger partial charge in [-0.1, -0.05) is 6.07 Å². The van der Waals surface area contributed by atoms with E-state index in [0.29, 0.717) is 6.04 Å². The topological polar surface area (TPSA) is 44.4 Å². The van der Waals surface area contributed by atoms with Crippen LogP contribution in [0, 0.1) is 0 Å². The van der Waals surface area contributed by atoms with E-state index in [1.165, 1.54) is 17.7 Å². The van der Waals surface area contributed by atoms with Gasteiger partial charge >= 0.3 is 0 Å². The molecule has 1 unspecified atom stereocenters. The summed E-state index contributed by atoms with van der Waals surface area (Å²) in [7, 11) is 0. The van der Waals surface area contributed by atoms with E-state index in [2.05, 4.69) is 33.0 Å². The first-order valence-corrected chi connectivity index (χ1v) is 8.99. The minimum absolute atomic E-state index is 0.108. The number of hydrogen-bond acceptors (Lipinski definition) is 4. The minimum atomic E-state index is 0.108. The summed E-state index contributed by atoms with van der Waals surface area (Å²) in [5.74, 6) is 0.239. The molecule has 3 heterocycles. The van der Waals surface area contributed by atoms with Crippen molar-refractivity contribution in [1.29, 1.82) is 0 Å². The number of carbonyl (C=O) groups is 1. The van der Waals surface area contributed by atoms with E-state index in [1.54, 1.807) is 11.3 Å². The molecular weight excluding hydrogens is 282 g/mol. The quantitative estimate of drug-likeness (QED) is 0.869. The first-order valence-electron chi connectivity index (χ1n) is 8.11. The maximum atomic E-state index is 12.5. The zero-order valence-corrected chi connectivity index (χ0v) is 13.3. The van der Waals surface area contributed by atoms with E-state index < -0.39 is 0 Å². The zero-order valence-electron chi connectivity index (χ0n) is 12.5. The molecule has 0 radical (unpaired) electrons. The Kier molecular flexibility index (Phi) is 5.27. The van der Waals surface area contributed by atoms with Gasteiger partial charge < -0.3 is 10.6 Å². The summed E-state index contributed by atoms with van der Waals surface area (Å²) in [5, 5.41) is 8.64. The van der Waals surface area contributed by atoms with Crippen molar-refractivity contribution in [1.82, 2.24) is 15.5 Å². The smallest absolute Gasteiger partial charge is 0.237 e. The molecule has 2 aliphatic rings. The molecule has 21 heavy (non-hydrogen) atoms. The van der Waals surface area contributed by atoms with Crippen LogP contribution in [0.3, 0.4) is 0 Å². The monoisotopic (exact) mass is 307 g/mol. The van der Waals surface area contributed by atoms with Crippen molar-refractivity contribution in [3.05, 3.63) is 22.4 Å². The number of thiophene rings is 1. The normalized spacial score (nSPS) is 24.3. The molecule has 3 rings (SSSR count). The number of carbonyl (C=O) groups excluding carboxylic acids is 1. The number of likely N-dealkylation sites (tertiary alicyclic amines) is 1. The van der Waals surface area contributed by atoms with Crippen LogP contribution >= 0.6 is 11.3 Å². The number of rotatable bonds is 5. The lowest BCUT2D eigenvalue weighted by Crippen LogP contribution is -2.50. The van der Waals surface area contributed by atoms with Gasteiger partial charge in [-0.25, -0.2) is 0 Å². The second-order valence-electron chi connectivity index (χ2n) is 6.00. The third-order valence-electron chi connectivity index (χ3n) is 4.63. The van der Waals surface area contributed by atoms with Crippen LogP contribution in [-0.2, 0) is 11.2 Å². The SMILES string of the molecule is O=C(NCCc1cccs1)C1CCCN1C1CCNCC1. The Morgan fingerprint density at radius 1 is 1.38 bits per heavy atom. The molecule has 1 aromatic rings. The molecule has 2 aliphatic heterocycles. The fourth-order valence-electron chi connectivity index (χ4n) is 3.53. The van der Waals surface area contributed by atoms with E-state index in [-0.39, 0.29) is 11.9 Å². The molecule has 2 N–H and O–H groups in total. The Balaban J connectivity index is 1.48. The van der Waals surface area contributed by atoms with E-state index in [9.17, 15) is 4.79 Å². The van der Waals surface area contributed by atoms with Crippen molar-refractivity contribution in [2.75, 3.05) is 26.2 Å². The van der Waals surface area contributed by atoms with Gasteiger partial charge in [-0.15, -0.1) is 11.3 Å². The Bertz CT molecular complexity index is 442. The second-order valence-corrected chi connectivity index (χ2v) is 7.03. The van der Waals surface area contributed by atoms with Gasteiger partial charge in [-0.3, -0.25) is 9.69 Å². The van der Waals surface area contributed by atoms with Gasteiger partial charge in [0.25, 0.3) is 0 Å². The number of nitrogens with zero attached hydrogens (tertiary/aromatic N) is 1. The van der Waals surface area contributed by atoms with Crippen LogP contribution in [0.5, 0.6) is 0 Å². The number of nitrogens with one attached hydrogen (secondary N) is 2. The maximum absolute atomic E-state index is 12.5. The summed E-state index contributed by atoms with van der Waals surface area (Å²) < 4.78 is 0. The van der Waals surface area contributed by atoms with E-state index in [0.717, 1.165) is 45.4 Å². The molecule has 2 fully saturated rings. The van der Waals surface area contributed by atoms with E-state index >= 15 is 0 Å². The van der Waals surface area contributed by atoms with Crippen molar-refractivity contribution in [3.8, 4) is 0 Å². The molecular formula is C16H25N3OS. The predicted molar refractivity (Wildman–Crippen MR) is 86.7 cm³/mol. The third-order valence-corrected chi connectivity index (χ3v) is 5.56. The highest BCUT2D eigenvalue weighted by atomic mass is 32.1. The highest BCUT2D eigenvalue weighted by Gasteiger charge is 2.35. The van der Waals surface area contributed by atoms with Gasteiger partial charge in [0.15, 0.2) is 0 Å². The Morgan fingerprint density at radius 3 is 3.00 bits per heavy atom. The van der Waals surface area contributed by atoms with Crippen molar-refractivity contribution in [3.63, 3.8) is 0 Å². The lowest BCUT2D eigenvalue weighted by Gasteiger charge is -2.35. The van der Waals surface area contributed by atoms with Crippen LogP contribution in [0.4, 0.5) is 0 Å². The molecule has 5 heteroatoms. The predicted octanol–water partition coefficient (Wildman–Crippen LogP) is 1.62. The first-order chi connectivity index (χ1) is 10.3. The van der Waals surface area contributed by atoms with Crippen molar-refractivity contribution < 1.29 is 4.79 Å². The maximum Gasteiger partial charge on any atom is 0.237 e. The van der Waals surface area contributed by atoms with Gasteiger partial charge in [-0.05, 0) is 63.2 Å². The third kappa shape index (κ3) is 3.84. The molecule has 116 valence electrons. The van der Waals surface area contributed by atoms with Gasteiger partial charge in [0.1, 0.15) is 0 Å². The summed E-state index contributed by atoms with van der Waals surface area (Å²) in [6.07, 6.45) is 5.49. The van der Waals surface area contributed by atoms with Gasteiger partial charge in [0, 0.05) is 17.5 Å². The van der Waals surface area contributed by atoms with Gasteiger partial charge in [-0.2, -0.15) is 0 Å². The Morgan fingerprint density at radius 2 is 2.24 bits per heavy atom. The van der Waals surface area contributed by atoms with E-state index in [1.807, 2.05) is 0 Å². The molecule has 0 aromatic carbocycles. The zero-order chi connectivity index (χ0) is 14.5. The molecule has 2 saturated heterocycles. The summed E-state index contributed by atoms with van der Waals surface area (Å²) in [5.41, 5.74) is 0. The highest BCUT2D eigenvalue weighted by Crippen LogP contribution is 2.24. The van der Waals surface area contributed by atoms with Crippen LogP contribution in [-0.4, -0.2) is 49.1 Å². The molecule has 0 aliphatic carbocycles. The van der Waals surface area contributed by atoms with Gasteiger partial charge in [0.05, 0.1) is 6.04 Å². The Hall–Kier alpha value is -0.910.